The Hall–Kier alpha value is -1.55. The molecular formula is C12H18N2O2. The first kappa shape index (κ1) is 12.5. The fraction of sp³-hybridized carbons (Fsp3) is 0.417. The number of carbonyl (C=O) groups excluding carboxylic acids is 1. The quantitative estimate of drug-likeness (QED) is 0.763. The Morgan fingerprint density at radius 3 is 2.56 bits per heavy atom. The molecule has 1 aromatic rings. The number of hydrogen-bond donors (Lipinski definition) is 1. The molecule has 2 N–H and O–H groups in total. The van der Waals surface area contributed by atoms with E-state index in [0.717, 1.165) is 11.3 Å². The maximum absolute atomic E-state index is 11.4. The first-order chi connectivity index (χ1) is 7.63. The van der Waals surface area contributed by atoms with Gasteiger partial charge in [0.1, 0.15) is 6.61 Å². The Labute approximate surface area is 96.0 Å². The van der Waals surface area contributed by atoms with E-state index < -0.39 is 0 Å². The minimum atomic E-state index is -0.00190. The predicted octanol–water partition coefficient (Wildman–Crippen LogP) is 1.26. The summed E-state index contributed by atoms with van der Waals surface area (Å²) >= 11 is 0. The number of nitrogens with two attached hydrogens (primary N) is 1. The van der Waals surface area contributed by atoms with Crippen molar-refractivity contribution >= 4 is 11.6 Å². The van der Waals surface area contributed by atoms with Gasteiger partial charge in [-0.3, -0.25) is 4.79 Å². The fourth-order valence-corrected chi connectivity index (χ4v) is 1.16. The van der Waals surface area contributed by atoms with E-state index >= 15 is 0 Å². The van der Waals surface area contributed by atoms with Crippen molar-refractivity contribution in [2.75, 3.05) is 25.9 Å². The molecule has 0 unspecified atom stereocenters. The van der Waals surface area contributed by atoms with Crippen LogP contribution in [0.5, 0.6) is 0 Å². The maximum Gasteiger partial charge on any atom is 0.248 e. The lowest BCUT2D eigenvalue weighted by Crippen LogP contribution is -2.29. The zero-order valence-electron chi connectivity index (χ0n) is 9.77. The Bertz CT molecular complexity index is 335. The Balaban J connectivity index is 2.30. The Kier molecular flexibility index (Phi) is 4.79. The number of ether oxygens (including phenoxy) is 1. The lowest BCUT2D eigenvalue weighted by atomic mass is 10.2. The van der Waals surface area contributed by atoms with Gasteiger partial charge in [0.2, 0.25) is 5.91 Å². The lowest BCUT2D eigenvalue weighted by molar-refractivity contribution is -0.135. The van der Waals surface area contributed by atoms with E-state index in [1.807, 2.05) is 31.2 Å². The molecule has 0 aromatic heterocycles. The number of nitrogen functional groups attached to an aromatic ring is 1. The third-order valence-corrected chi connectivity index (χ3v) is 2.37. The van der Waals surface area contributed by atoms with Crippen LogP contribution < -0.4 is 5.73 Å². The van der Waals surface area contributed by atoms with Gasteiger partial charge in [-0.15, -0.1) is 0 Å². The van der Waals surface area contributed by atoms with Crippen LogP contribution in [-0.4, -0.2) is 31.0 Å². The summed E-state index contributed by atoms with van der Waals surface area (Å²) < 4.78 is 5.31. The van der Waals surface area contributed by atoms with Crippen molar-refractivity contribution in [1.82, 2.24) is 4.90 Å². The molecule has 0 atom stereocenters. The number of likely N-dealkylation sites (N-methyl/N-ethyl adjacent to an activating group) is 1. The molecule has 4 nitrogen and oxygen atoms in total. The highest BCUT2D eigenvalue weighted by atomic mass is 16.5. The van der Waals surface area contributed by atoms with E-state index in [0.29, 0.717) is 13.2 Å². The molecule has 0 aliphatic carbocycles. The molecule has 4 heteroatoms. The van der Waals surface area contributed by atoms with E-state index in [4.69, 9.17) is 10.5 Å². The van der Waals surface area contributed by atoms with Crippen LogP contribution in [0.4, 0.5) is 5.69 Å². The van der Waals surface area contributed by atoms with Gasteiger partial charge in [0.25, 0.3) is 0 Å². The van der Waals surface area contributed by atoms with Crippen LogP contribution in [0.1, 0.15) is 12.5 Å². The summed E-state index contributed by atoms with van der Waals surface area (Å²) in [5, 5.41) is 0. The molecule has 0 aliphatic rings. The molecule has 88 valence electrons. The minimum Gasteiger partial charge on any atom is -0.399 e. The van der Waals surface area contributed by atoms with Crippen LogP contribution in [0.2, 0.25) is 0 Å². The van der Waals surface area contributed by atoms with Gasteiger partial charge in [-0.25, -0.2) is 0 Å². The van der Waals surface area contributed by atoms with Crippen molar-refractivity contribution in [3.05, 3.63) is 29.8 Å². The summed E-state index contributed by atoms with van der Waals surface area (Å²) in [6, 6.07) is 7.42. The maximum atomic E-state index is 11.4. The summed E-state index contributed by atoms with van der Waals surface area (Å²) in [6.07, 6.45) is 0. The number of carbonyl (C=O) groups is 1. The Morgan fingerprint density at radius 1 is 1.38 bits per heavy atom. The molecule has 0 saturated carbocycles. The highest BCUT2D eigenvalue weighted by molar-refractivity contribution is 5.77. The standard InChI is InChI=1S/C12H18N2O2/c1-3-14(2)12(15)9-16-8-10-4-6-11(13)7-5-10/h4-7H,3,8-9,13H2,1-2H3. The van der Waals surface area contributed by atoms with Gasteiger partial charge in [0.05, 0.1) is 6.61 Å². The number of amides is 1. The highest BCUT2D eigenvalue weighted by Gasteiger charge is 2.05. The van der Waals surface area contributed by atoms with Gasteiger partial charge in [-0.1, -0.05) is 12.1 Å². The molecular weight excluding hydrogens is 204 g/mol. The normalized spacial score (nSPS) is 10.1. The summed E-state index contributed by atoms with van der Waals surface area (Å²) in [4.78, 5) is 13.0. The molecule has 1 rings (SSSR count). The Morgan fingerprint density at radius 2 is 2.00 bits per heavy atom. The second-order valence-electron chi connectivity index (χ2n) is 3.64. The van der Waals surface area contributed by atoms with Gasteiger partial charge in [0, 0.05) is 19.3 Å². The third kappa shape index (κ3) is 3.90. The number of hydrogen-bond acceptors (Lipinski definition) is 3. The molecule has 0 fully saturated rings. The molecule has 0 radical (unpaired) electrons. The lowest BCUT2D eigenvalue weighted by Gasteiger charge is -2.14. The van der Waals surface area contributed by atoms with Gasteiger partial charge in [-0.05, 0) is 24.6 Å². The van der Waals surface area contributed by atoms with Crippen LogP contribution in [0.25, 0.3) is 0 Å². The molecule has 0 spiro atoms. The largest absolute Gasteiger partial charge is 0.399 e. The van der Waals surface area contributed by atoms with Crippen molar-refractivity contribution < 1.29 is 9.53 Å². The fourth-order valence-electron chi connectivity index (χ4n) is 1.16. The van der Waals surface area contributed by atoms with Crippen LogP contribution >= 0.6 is 0 Å². The molecule has 1 aromatic carbocycles. The zero-order chi connectivity index (χ0) is 12.0. The number of benzene rings is 1. The van der Waals surface area contributed by atoms with Crippen molar-refractivity contribution in [1.29, 1.82) is 0 Å². The average Bonchev–Trinajstić information content (AvgIpc) is 2.30. The zero-order valence-corrected chi connectivity index (χ0v) is 9.77. The topological polar surface area (TPSA) is 55.6 Å². The SMILES string of the molecule is CCN(C)C(=O)COCc1ccc(N)cc1. The monoisotopic (exact) mass is 222 g/mol. The number of nitrogens with zero attached hydrogens (tertiary/aromatic N) is 1. The molecule has 0 heterocycles. The van der Waals surface area contributed by atoms with Gasteiger partial charge in [-0.2, -0.15) is 0 Å². The van der Waals surface area contributed by atoms with Crippen molar-refractivity contribution in [2.24, 2.45) is 0 Å². The smallest absolute Gasteiger partial charge is 0.248 e. The van der Waals surface area contributed by atoms with Crippen LogP contribution in [0.3, 0.4) is 0 Å². The van der Waals surface area contributed by atoms with Crippen molar-refractivity contribution in [3.63, 3.8) is 0 Å². The van der Waals surface area contributed by atoms with E-state index in [1.54, 1.807) is 11.9 Å². The summed E-state index contributed by atoms with van der Waals surface area (Å²) in [6.45, 7) is 3.18. The van der Waals surface area contributed by atoms with Gasteiger partial charge in [0.15, 0.2) is 0 Å². The van der Waals surface area contributed by atoms with Crippen LogP contribution in [0.15, 0.2) is 24.3 Å². The minimum absolute atomic E-state index is 0.00190. The molecule has 0 bridgehead atoms. The van der Waals surface area contributed by atoms with E-state index in [2.05, 4.69) is 0 Å². The summed E-state index contributed by atoms with van der Waals surface area (Å²) in [5.41, 5.74) is 7.30. The first-order valence-electron chi connectivity index (χ1n) is 5.29. The number of rotatable bonds is 5. The van der Waals surface area contributed by atoms with Gasteiger partial charge < -0.3 is 15.4 Å². The predicted molar refractivity (Wildman–Crippen MR) is 63.8 cm³/mol. The summed E-state index contributed by atoms with van der Waals surface area (Å²) in [7, 11) is 1.76. The van der Waals surface area contributed by atoms with E-state index in [-0.39, 0.29) is 12.5 Å². The van der Waals surface area contributed by atoms with E-state index in [1.165, 1.54) is 0 Å². The first-order valence-corrected chi connectivity index (χ1v) is 5.29. The molecule has 0 aliphatic heterocycles. The average molecular weight is 222 g/mol. The van der Waals surface area contributed by atoms with Crippen molar-refractivity contribution in [2.45, 2.75) is 13.5 Å². The van der Waals surface area contributed by atoms with Crippen LogP contribution in [0, 0.1) is 0 Å². The number of anilines is 1. The molecule has 1 amide bonds. The third-order valence-electron chi connectivity index (χ3n) is 2.37. The second-order valence-corrected chi connectivity index (χ2v) is 3.64. The molecule has 0 saturated heterocycles. The van der Waals surface area contributed by atoms with Crippen molar-refractivity contribution in [3.8, 4) is 0 Å². The van der Waals surface area contributed by atoms with Gasteiger partial charge >= 0.3 is 0 Å². The highest BCUT2D eigenvalue weighted by Crippen LogP contribution is 2.06. The molecule has 16 heavy (non-hydrogen) atoms. The second kappa shape index (κ2) is 6.12. The van der Waals surface area contributed by atoms with E-state index in [9.17, 15) is 4.79 Å². The van der Waals surface area contributed by atoms with Crippen LogP contribution in [-0.2, 0) is 16.1 Å². The summed E-state index contributed by atoms with van der Waals surface area (Å²) in [5.74, 6) is -0.00190.